The van der Waals surface area contributed by atoms with Crippen molar-refractivity contribution in [1.29, 1.82) is 0 Å². The zero-order valence-corrected chi connectivity index (χ0v) is 8.07. The molecule has 0 amide bonds. The van der Waals surface area contributed by atoms with Gasteiger partial charge in [0.2, 0.25) is 0 Å². The number of rotatable bonds is 3. The zero-order valence-electron chi connectivity index (χ0n) is 8.07. The first-order chi connectivity index (χ1) is 6.36. The second-order valence-electron chi connectivity index (χ2n) is 3.89. The summed E-state index contributed by atoms with van der Waals surface area (Å²) in [5, 5.41) is 0. The molecule has 0 bridgehead atoms. The van der Waals surface area contributed by atoms with Crippen LogP contribution in [0.15, 0.2) is 30.3 Å². The van der Waals surface area contributed by atoms with E-state index in [0.717, 1.165) is 12.5 Å². The molecule has 0 radical (unpaired) electrons. The Morgan fingerprint density at radius 2 is 2.00 bits per heavy atom. The Bertz CT molecular complexity index is 255. The molecule has 1 fully saturated rings. The predicted octanol–water partition coefficient (Wildman–Crippen LogP) is 3.00. The Hall–Kier alpha value is -0.820. The van der Waals surface area contributed by atoms with Gasteiger partial charge in [0.15, 0.2) is 0 Å². The first-order valence-corrected chi connectivity index (χ1v) is 5.02. The molecule has 2 rings (SSSR count). The minimum Gasteiger partial charge on any atom is -0.373 e. The molecule has 2 atom stereocenters. The Balaban J connectivity index is 1.80. The third-order valence-corrected chi connectivity index (χ3v) is 2.85. The fourth-order valence-electron chi connectivity index (χ4n) is 1.66. The van der Waals surface area contributed by atoms with Gasteiger partial charge in [-0.3, -0.25) is 0 Å². The number of ether oxygens (including phenoxy) is 1. The fraction of sp³-hybridized carbons (Fsp3) is 0.500. The van der Waals surface area contributed by atoms with Crippen molar-refractivity contribution in [2.45, 2.75) is 32.5 Å². The summed E-state index contributed by atoms with van der Waals surface area (Å²) in [5.74, 6) is 0.767. The first kappa shape index (κ1) is 8.76. The first-order valence-electron chi connectivity index (χ1n) is 5.02. The van der Waals surface area contributed by atoms with Gasteiger partial charge in [-0.15, -0.1) is 0 Å². The molecule has 1 saturated carbocycles. The lowest BCUT2D eigenvalue weighted by Crippen LogP contribution is -2.31. The molecule has 0 saturated heterocycles. The largest absolute Gasteiger partial charge is 0.373 e. The quantitative estimate of drug-likeness (QED) is 0.688. The van der Waals surface area contributed by atoms with Gasteiger partial charge in [-0.1, -0.05) is 37.3 Å². The second-order valence-corrected chi connectivity index (χ2v) is 3.89. The molecule has 1 aliphatic rings. The Labute approximate surface area is 79.7 Å². The molecule has 70 valence electrons. The lowest BCUT2D eigenvalue weighted by Gasteiger charge is -2.33. The molecule has 0 aromatic heterocycles. The minimum atomic E-state index is 0.514. The molecule has 1 aromatic carbocycles. The molecule has 0 heterocycles. The van der Waals surface area contributed by atoms with Crippen molar-refractivity contribution >= 4 is 0 Å². The van der Waals surface area contributed by atoms with Crippen LogP contribution in [0.25, 0.3) is 0 Å². The highest BCUT2D eigenvalue weighted by molar-refractivity contribution is 5.13. The van der Waals surface area contributed by atoms with Crippen molar-refractivity contribution in [2.75, 3.05) is 0 Å². The zero-order chi connectivity index (χ0) is 9.10. The third kappa shape index (κ3) is 2.10. The summed E-state index contributed by atoms with van der Waals surface area (Å²) in [6.45, 7) is 3.04. The molecule has 0 N–H and O–H groups in total. The van der Waals surface area contributed by atoms with E-state index in [2.05, 4.69) is 31.2 Å². The van der Waals surface area contributed by atoms with E-state index in [1.807, 2.05) is 6.07 Å². The summed E-state index contributed by atoms with van der Waals surface area (Å²) in [7, 11) is 0. The number of hydrogen-bond acceptors (Lipinski definition) is 1. The van der Waals surface area contributed by atoms with Crippen molar-refractivity contribution in [3.63, 3.8) is 0 Å². The number of benzene rings is 1. The topological polar surface area (TPSA) is 9.23 Å². The van der Waals surface area contributed by atoms with Crippen LogP contribution in [0.2, 0.25) is 0 Å². The molecule has 1 aromatic rings. The van der Waals surface area contributed by atoms with Crippen molar-refractivity contribution in [3.05, 3.63) is 35.9 Å². The summed E-state index contributed by atoms with van der Waals surface area (Å²) in [4.78, 5) is 0. The van der Waals surface area contributed by atoms with Crippen LogP contribution >= 0.6 is 0 Å². The van der Waals surface area contributed by atoms with Crippen LogP contribution in [0, 0.1) is 5.92 Å². The summed E-state index contributed by atoms with van der Waals surface area (Å²) in [6.07, 6.45) is 3.09. The fourth-order valence-corrected chi connectivity index (χ4v) is 1.66. The van der Waals surface area contributed by atoms with Crippen molar-refractivity contribution in [1.82, 2.24) is 0 Å². The van der Waals surface area contributed by atoms with Crippen LogP contribution in [0.4, 0.5) is 0 Å². The molecule has 1 aliphatic carbocycles. The van der Waals surface area contributed by atoms with Crippen LogP contribution in [-0.4, -0.2) is 6.10 Å². The predicted molar refractivity (Wildman–Crippen MR) is 53.4 cm³/mol. The molecule has 0 unspecified atom stereocenters. The minimum absolute atomic E-state index is 0.514. The molecular weight excluding hydrogens is 160 g/mol. The molecule has 1 heteroatoms. The molecule has 0 aliphatic heterocycles. The van der Waals surface area contributed by atoms with E-state index in [4.69, 9.17) is 4.74 Å². The number of hydrogen-bond donors (Lipinski definition) is 0. The van der Waals surface area contributed by atoms with Crippen LogP contribution < -0.4 is 0 Å². The van der Waals surface area contributed by atoms with E-state index in [9.17, 15) is 0 Å². The van der Waals surface area contributed by atoms with Gasteiger partial charge in [-0.05, 0) is 24.3 Å². The smallest absolute Gasteiger partial charge is 0.0720 e. The van der Waals surface area contributed by atoms with Crippen molar-refractivity contribution < 1.29 is 4.74 Å². The molecular formula is C12H16O. The van der Waals surface area contributed by atoms with Gasteiger partial charge in [-0.2, -0.15) is 0 Å². The van der Waals surface area contributed by atoms with E-state index >= 15 is 0 Å². The van der Waals surface area contributed by atoms with Gasteiger partial charge >= 0.3 is 0 Å². The monoisotopic (exact) mass is 176 g/mol. The van der Waals surface area contributed by atoms with Gasteiger partial charge in [0.1, 0.15) is 0 Å². The SMILES string of the molecule is C[C@H]1CC[C@@H]1OCc1ccccc1. The van der Waals surface area contributed by atoms with E-state index in [1.165, 1.54) is 18.4 Å². The lowest BCUT2D eigenvalue weighted by atomic mass is 9.83. The highest BCUT2D eigenvalue weighted by Gasteiger charge is 2.27. The van der Waals surface area contributed by atoms with Crippen molar-refractivity contribution in [3.8, 4) is 0 Å². The summed E-state index contributed by atoms with van der Waals surface area (Å²) in [5.41, 5.74) is 1.28. The normalized spacial score (nSPS) is 26.8. The van der Waals surface area contributed by atoms with Gasteiger partial charge in [0.25, 0.3) is 0 Å². The Kier molecular flexibility index (Phi) is 2.65. The van der Waals surface area contributed by atoms with E-state index in [0.29, 0.717) is 6.10 Å². The highest BCUT2D eigenvalue weighted by atomic mass is 16.5. The maximum atomic E-state index is 5.78. The van der Waals surface area contributed by atoms with Crippen LogP contribution in [-0.2, 0) is 11.3 Å². The maximum absolute atomic E-state index is 5.78. The maximum Gasteiger partial charge on any atom is 0.0720 e. The standard InChI is InChI=1S/C12H16O/c1-10-7-8-12(10)13-9-11-5-3-2-4-6-11/h2-6,10,12H,7-9H2,1H3/t10-,12-/m0/s1. The van der Waals surface area contributed by atoms with Gasteiger partial charge < -0.3 is 4.74 Å². The van der Waals surface area contributed by atoms with Gasteiger partial charge in [-0.25, -0.2) is 0 Å². The Morgan fingerprint density at radius 1 is 1.23 bits per heavy atom. The highest BCUT2D eigenvalue weighted by Crippen LogP contribution is 2.30. The second kappa shape index (κ2) is 3.93. The molecule has 1 nitrogen and oxygen atoms in total. The van der Waals surface area contributed by atoms with Crippen LogP contribution in [0.1, 0.15) is 25.3 Å². The summed E-state index contributed by atoms with van der Waals surface area (Å²) in [6, 6.07) is 10.4. The van der Waals surface area contributed by atoms with Gasteiger partial charge in [0, 0.05) is 0 Å². The van der Waals surface area contributed by atoms with Crippen LogP contribution in [0.5, 0.6) is 0 Å². The average molecular weight is 176 g/mol. The Morgan fingerprint density at radius 3 is 2.54 bits per heavy atom. The molecule has 13 heavy (non-hydrogen) atoms. The average Bonchev–Trinajstić information content (AvgIpc) is 2.17. The van der Waals surface area contributed by atoms with Gasteiger partial charge in [0.05, 0.1) is 12.7 Å². The van der Waals surface area contributed by atoms with E-state index in [1.54, 1.807) is 0 Å². The summed E-state index contributed by atoms with van der Waals surface area (Å²) >= 11 is 0. The molecule has 0 spiro atoms. The van der Waals surface area contributed by atoms with Crippen molar-refractivity contribution in [2.24, 2.45) is 5.92 Å². The third-order valence-electron chi connectivity index (χ3n) is 2.85. The van der Waals surface area contributed by atoms with E-state index in [-0.39, 0.29) is 0 Å². The van der Waals surface area contributed by atoms with Crippen LogP contribution in [0.3, 0.4) is 0 Å². The van der Waals surface area contributed by atoms with E-state index < -0.39 is 0 Å². The summed E-state index contributed by atoms with van der Waals surface area (Å²) < 4.78 is 5.78. The lowest BCUT2D eigenvalue weighted by molar-refractivity contribution is -0.0489.